The molecule has 1 aliphatic heterocycles. The molecule has 0 amide bonds. The number of nitrogens with zero attached hydrogens (tertiary/aromatic N) is 4. The van der Waals surface area contributed by atoms with Crippen LogP contribution in [-0.2, 0) is 6.54 Å². The zero-order valence-corrected chi connectivity index (χ0v) is 10.9. The molecule has 1 saturated heterocycles. The van der Waals surface area contributed by atoms with Crippen molar-refractivity contribution >= 4 is 0 Å². The van der Waals surface area contributed by atoms with Crippen molar-refractivity contribution in [3.63, 3.8) is 0 Å². The molecule has 1 fully saturated rings. The number of ether oxygens (including phenoxy) is 1. The van der Waals surface area contributed by atoms with Crippen molar-refractivity contribution in [1.29, 1.82) is 0 Å². The molecule has 0 saturated carbocycles. The average Bonchev–Trinajstić information content (AvgIpc) is 3.09. The summed E-state index contributed by atoms with van der Waals surface area (Å²) in [4.78, 5) is 1.62. The van der Waals surface area contributed by atoms with Crippen LogP contribution in [0.25, 0.3) is 0 Å². The minimum atomic E-state index is 0.256. The summed E-state index contributed by atoms with van der Waals surface area (Å²) < 4.78 is 5.32. The van der Waals surface area contributed by atoms with Crippen LogP contribution >= 0.6 is 0 Å². The van der Waals surface area contributed by atoms with Crippen LogP contribution in [0.4, 0.5) is 0 Å². The van der Waals surface area contributed by atoms with Gasteiger partial charge in [0.15, 0.2) is 5.82 Å². The molecule has 2 heterocycles. The van der Waals surface area contributed by atoms with Gasteiger partial charge in [-0.25, -0.2) is 0 Å². The van der Waals surface area contributed by atoms with Gasteiger partial charge in [-0.05, 0) is 30.7 Å². The van der Waals surface area contributed by atoms with Crippen LogP contribution in [-0.4, -0.2) is 33.9 Å². The van der Waals surface area contributed by atoms with Crippen molar-refractivity contribution in [2.45, 2.75) is 25.4 Å². The van der Waals surface area contributed by atoms with Gasteiger partial charge in [0.05, 0.1) is 19.7 Å². The molecule has 6 heteroatoms. The number of hydrogen-bond donors (Lipinski definition) is 1. The first-order valence-electron chi connectivity index (χ1n) is 6.50. The van der Waals surface area contributed by atoms with Gasteiger partial charge in [0.1, 0.15) is 5.75 Å². The fourth-order valence-corrected chi connectivity index (χ4v) is 2.35. The van der Waals surface area contributed by atoms with Crippen molar-refractivity contribution in [2.24, 2.45) is 0 Å². The monoisotopic (exact) mass is 259 g/mol. The van der Waals surface area contributed by atoms with Crippen LogP contribution in [0.5, 0.6) is 5.75 Å². The predicted molar refractivity (Wildman–Crippen MR) is 69.9 cm³/mol. The summed E-state index contributed by atoms with van der Waals surface area (Å²) >= 11 is 0. The van der Waals surface area contributed by atoms with Crippen molar-refractivity contribution in [2.75, 3.05) is 13.7 Å². The Morgan fingerprint density at radius 3 is 3.11 bits per heavy atom. The summed E-state index contributed by atoms with van der Waals surface area (Å²) in [6.07, 6.45) is 2.26. The van der Waals surface area contributed by atoms with E-state index in [9.17, 15) is 0 Å². The minimum Gasteiger partial charge on any atom is -0.496 e. The lowest BCUT2D eigenvalue weighted by atomic mass is 10.2. The quantitative estimate of drug-likeness (QED) is 0.892. The summed E-state index contributed by atoms with van der Waals surface area (Å²) in [7, 11) is 1.67. The highest BCUT2D eigenvalue weighted by Gasteiger charge is 2.20. The predicted octanol–water partition coefficient (Wildman–Crippen LogP) is 1.15. The zero-order valence-electron chi connectivity index (χ0n) is 10.9. The Morgan fingerprint density at radius 2 is 2.32 bits per heavy atom. The van der Waals surface area contributed by atoms with Gasteiger partial charge in [-0.2, -0.15) is 4.80 Å². The van der Waals surface area contributed by atoms with Gasteiger partial charge in [-0.15, -0.1) is 10.2 Å². The van der Waals surface area contributed by atoms with E-state index in [1.807, 2.05) is 24.3 Å². The third-order valence-corrected chi connectivity index (χ3v) is 3.34. The highest BCUT2D eigenvalue weighted by Crippen LogP contribution is 2.20. The Morgan fingerprint density at radius 1 is 1.42 bits per heavy atom. The van der Waals surface area contributed by atoms with E-state index in [-0.39, 0.29) is 6.04 Å². The van der Waals surface area contributed by atoms with E-state index in [1.165, 1.54) is 6.42 Å². The average molecular weight is 259 g/mol. The smallest absolute Gasteiger partial charge is 0.191 e. The van der Waals surface area contributed by atoms with Gasteiger partial charge in [-0.1, -0.05) is 18.2 Å². The molecular weight excluding hydrogens is 242 g/mol. The Labute approximate surface area is 111 Å². The SMILES string of the molecule is COc1ccccc1Cn1nnc(C2CCCN2)n1. The van der Waals surface area contributed by atoms with Gasteiger partial charge < -0.3 is 10.1 Å². The highest BCUT2D eigenvalue weighted by molar-refractivity contribution is 5.33. The van der Waals surface area contributed by atoms with Gasteiger partial charge in [-0.3, -0.25) is 0 Å². The molecule has 0 spiro atoms. The number of methoxy groups -OCH3 is 1. The second-order valence-electron chi connectivity index (χ2n) is 4.64. The molecule has 1 aromatic carbocycles. The van der Waals surface area contributed by atoms with E-state index in [2.05, 4.69) is 20.7 Å². The standard InChI is InChI=1S/C13H17N5O/c1-19-12-7-3-2-5-10(12)9-18-16-13(15-17-18)11-6-4-8-14-11/h2-3,5,7,11,14H,4,6,8-9H2,1H3. The Hall–Kier alpha value is -1.95. The summed E-state index contributed by atoms with van der Waals surface area (Å²) in [5, 5.41) is 16.0. The zero-order chi connectivity index (χ0) is 13.1. The maximum atomic E-state index is 5.32. The van der Waals surface area contributed by atoms with Gasteiger partial charge in [0.2, 0.25) is 0 Å². The molecule has 0 bridgehead atoms. The number of hydrogen-bond acceptors (Lipinski definition) is 5. The molecule has 100 valence electrons. The summed E-state index contributed by atoms with van der Waals surface area (Å²) in [5.74, 6) is 1.63. The van der Waals surface area contributed by atoms with E-state index in [1.54, 1.807) is 11.9 Å². The molecule has 19 heavy (non-hydrogen) atoms. The topological polar surface area (TPSA) is 64.9 Å². The summed E-state index contributed by atoms with van der Waals surface area (Å²) in [6, 6.07) is 8.13. The third-order valence-electron chi connectivity index (χ3n) is 3.34. The van der Waals surface area contributed by atoms with Crippen LogP contribution < -0.4 is 10.1 Å². The summed E-state index contributed by atoms with van der Waals surface area (Å²) in [5.41, 5.74) is 1.05. The number of tetrazole rings is 1. The largest absolute Gasteiger partial charge is 0.496 e. The molecule has 0 aliphatic carbocycles. The third kappa shape index (κ3) is 2.58. The van der Waals surface area contributed by atoms with E-state index >= 15 is 0 Å². The Bertz CT molecular complexity index is 547. The van der Waals surface area contributed by atoms with Gasteiger partial charge in [0, 0.05) is 5.56 Å². The van der Waals surface area contributed by atoms with Gasteiger partial charge in [0.25, 0.3) is 0 Å². The first-order chi connectivity index (χ1) is 9.36. The maximum Gasteiger partial charge on any atom is 0.191 e. The lowest BCUT2D eigenvalue weighted by molar-refractivity contribution is 0.405. The van der Waals surface area contributed by atoms with Crippen LogP contribution in [0.2, 0.25) is 0 Å². The molecule has 1 unspecified atom stereocenters. The van der Waals surface area contributed by atoms with E-state index in [0.717, 1.165) is 30.1 Å². The molecule has 6 nitrogen and oxygen atoms in total. The van der Waals surface area contributed by atoms with Crippen molar-refractivity contribution < 1.29 is 4.74 Å². The second-order valence-corrected chi connectivity index (χ2v) is 4.64. The molecule has 1 aliphatic rings. The number of rotatable bonds is 4. The van der Waals surface area contributed by atoms with Crippen molar-refractivity contribution in [1.82, 2.24) is 25.5 Å². The second kappa shape index (κ2) is 5.36. The maximum absolute atomic E-state index is 5.32. The fourth-order valence-electron chi connectivity index (χ4n) is 2.35. The molecule has 1 aromatic heterocycles. The molecular formula is C13H17N5O. The molecule has 1 N–H and O–H groups in total. The number of aromatic nitrogens is 4. The molecule has 3 rings (SSSR count). The summed E-state index contributed by atoms with van der Waals surface area (Å²) in [6.45, 7) is 1.61. The molecule has 0 radical (unpaired) electrons. The Kier molecular flexibility index (Phi) is 3.41. The van der Waals surface area contributed by atoms with Crippen LogP contribution in [0, 0.1) is 0 Å². The van der Waals surface area contributed by atoms with Crippen LogP contribution in [0.15, 0.2) is 24.3 Å². The van der Waals surface area contributed by atoms with E-state index < -0.39 is 0 Å². The van der Waals surface area contributed by atoms with E-state index in [0.29, 0.717) is 6.54 Å². The van der Waals surface area contributed by atoms with Gasteiger partial charge >= 0.3 is 0 Å². The van der Waals surface area contributed by atoms with Crippen molar-refractivity contribution in [3.05, 3.63) is 35.7 Å². The number of benzene rings is 1. The molecule has 1 atom stereocenters. The van der Waals surface area contributed by atoms with Crippen molar-refractivity contribution in [3.8, 4) is 5.75 Å². The highest BCUT2D eigenvalue weighted by atomic mass is 16.5. The van der Waals surface area contributed by atoms with Crippen LogP contribution in [0.1, 0.15) is 30.3 Å². The van der Waals surface area contributed by atoms with E-state index in [4.69, 9.17) is 4.74 Å². The number of nitrogens with one attached hydrogen (secondary N) is 1. The number of para-hydroxylation sites is 1. The lowest BCUT2D eigenvalue weighted by Crippen LogP contribution is -2.15. The Balaban J connectivity index is 1.76. The first-order valence-corrected chi connectivity index (χ1v) is 6.50. The fraction of sp³-hybridized carbons (Fsp3) is 0.462. The van der Waals surface area contributed by atoms with Crippen LogP contribution in [0.3, 0.4) is 0 Å². The minimum absolute atomic E-state index is 0.256. The lowest BCUT2D eigenvalue weighted by Gasteiger charge is -2.06. The first kappa shape index (κ1) is 12.1. The molecule has 2 aromatic rings. The normalized spacial score (nSPS) is 18.7.